The summed E-state index contributed by atoms with van der Waals surface area (Å²) in [5, 5.41) is 8.57. The summed E-state index contributed by atoms with van der Waals surface area (Å²) in [5.41, 5.74) is 4.72. The molecule has 6 rings (SSSR count). The zero-order valence-electron chi connectivity index (χ0n) is 22.5. The van der Waals surface area contributed by atoms with Crippen LogP contribution in [0.15, 0.2) is 114 Å². The van der Waals surface area contributed by atoms with Crippen molar-refractivity contribution in [2.45, 2.75) is 25.8 Å². The van der Waals surface area contributed by atoms with Crippen LogP contribution in [-0.2, 0) is 17.8 Å². The van der Waals surface area contributed by atoms with Crippen molar-refractivity contribution < 1.29 is 23.8 Å². The highest BCUT2D eigenvalue weighted by atomic mass is 16.7. The maximum atomic E-state index is 9.00. The first-order chi connectivity index (χ1) is 19.6. The van der Waals surface area contributed by atoms with E-state index in [1.54, 1.807) is 0 Å². The Balaban J connectivity index is 0.000000758. The molecule has 0 bridgehead atoms. The number of rotatable bonds is 9. The van der Waals surface area contributed by atoms with Gasteiger partial charge in [-0.1, -0.05) is 91.0 Å². The third kappa shape index (κ3) is 6.90. The van der Waals surface area contributed by atoms with Gasteiger partial charge in [0.05, 0.1) is 0 Å². The lowest BCUT2D eigenvalue weighted by Crippen LogP contribution is -2.31. The van der Waals surface area contributed by atoms with Crippen LogP contribution in [0.5, 0.6) is 11.5 Å². The molecule has 0 radical (unpaired) electrons. The van der Waals surface area contributed by atoms with Crippen LogP contribution in [0.3, 0.4) is 0 Å². The summed E-state index contributed by atoms with van der Waals surface area (Å²) in [7, 11) is 0. The molecule has 1 aliphatic heterocycles. The fraction of sp³-hybridized carbons (Fsp3) is 0.206. The van der Waals surface area contributed by atoms with Crippen molar-refractivity contribution in [2.24, 2.45) is 0 Å². The Bertz CT molecular complexity index is 1450. The second-order valence-electron chi connectivity index (χ2n) is 9.78. The van der Waals surface area contributed by atoms with E-state index in [4.69, 9.17) is 23.8 Å². The van der Waals surface area contributed by atoms with Gasteiger partial charge in [0.15, 0.2) is 11.5 Å². The number of ether oxygens (including phenoxy) is 2. The predicted molar refractivity (Wildman–Crippen MR) is 156 cm³/mol. The molecular weight excluding hydrogens is 502 g/mol. The van der Waals surface area contributed by atoms with Crippen molar-refractivity contribution in [3.63, 3.8) is 0 Å². The molecule has 1 N–H and O–H groups in total. The van der Waals surface area contributed by atoms with E-state index in [9.17, 15) is 0 Å². The zero-order chi connectivity index (χ0) is 27.7. The normalized spacial score (nSPS) is 12.0. The lowest BCUT2D eigenvalue weighted by Gasteiger charge is -2.28. The van der Waals surface area contributed by atoms with E-state index < -0.39 is 5.97 Å². The van der Waals surface area contributed by atoms with Crippen molar-refractivity contribution >= 4 is 16.9 Å². The Morgan fingerprint density at radius 2 is 1.50 bits per heavy atom. The molecule has 0 unspecified atom stereocenters. The fourth-order valence-corrected chi connectivity index (χ4v) is 5.05. The van der Waals surface area contributed by atoms with Crippen LogP contribution in [-0.4, -0.2) is 35.9 Å². The molecule has 0 fully saturated rings. The smallest absolute Gasteiger partial charge is 0.300 e. The minimum absolute atomic E-state index is 0.247. The highest BCUT2D eigenvalue weighted by Gasteiger charge is 2.23. The van der Waals surface area contributed by atoms with Gasteiger partial charge in [-0.05, 0) is 29.3 Å². The van der Waals surface area contributed by atoms with Crippen LogP contribution in [0.2, 0.25) is 0 Å². The topological polar surface area (TPSA) is 72.1 Å². The van der Waals surface area contributed by atoms with E-state index >= 15 is 0 Å². The van der Waals surface area contributed by atoms with Gasteiger partial charge in [-0.3, -0.25) is 9.69 Å². The summed E-state index contributed by atoms with van der Waals surface area (Å²) >= 11 is 0. The molecule has 5 aromatic rings. The SMILES string of the molecule is CC(=O)O.c1ccc(C(CN(CCc2cc3ccccc3o2)Cc2cccc3c2OCO3)c2ccccc2)cc1. The molecule has 2 heterocycles. The highest BCUT2D eigenvalue weighted by Crippen LogP contribution is 2.36. The summed E-state index contributed by atoms with van der Waals surface area (Å²) in [6, 6.07) is 38.1. The standard InChI is InChI=1S/C32H29NO3.C2H4O2/c1-3-10-24(11-4-1)29(25-12-5-2-6-13-25)22-33(21-27-15-9-17-31-32(27)35-23-34-31)19-18-28-20-26-14-7-8-16-30(26)36-28;1-2(3)4/h1-17,20,29H,18-19,21-23H2;1H3,(H,3,4). The van der Waals surface area contributed by atoms with Gasteiger partial charge in [-0.2, -0.15) is 0 Å². The maximum Gasteiger partial charge on any atom is 0.300 e. The molecule has 0 atom stereocenters. The van der Waals surface area contributed by atoms with Gasteiger partial charge in [-0.25, -0.2) is 0 Å². The summed E-state index contributed by atoms with van der Waals surface area (Å²) < 4.78 is 17.6. The first-order valence-corrected chi connectivity index (χ1v) is 13.4. The number of aliphatic carboxylic acids is 1. The molecule has 4 aromatic carbocycles. The summed E-state index contributed by atoms with van der Waals surface area (Å²) in [6.07, 6.45) is 0.831. The number of carbonyl (C=O) groups is 1. The first-order valence-electron chi connectivity index (χ1n) is 13.4. The number of hydrogen-bond acceptors (Lipinski definition) is 5. The third-order valence-corrected chi connectivity index (χ3v) is 6.87. The van der Waals surface area contributed by atoms with E-state index in [2.05, 4.69) is 89.8 Å². The molecule has 40 heavy (non-hydrogen) atoms. The number of para-hydroxylation sites is 2. The number of benzene rings is 4. The van der Waals surface area contributed by atoms with Gasteiger partial charge >= 0.3 is 0 Å². The van der Waals surface area contributed by atoms with Crippen molar-refractivity contribution in [3.05, 3.63) is 132 Å². The number of carboxylic acid groups (broad SMARTS) is 1. The summed E-state index contributed by atoms with van der Waals surface area (Å²) in [5.74, 6) is 2.11. The van der Waals surface area contributed by atoms with E-state index in [0.29, 0.717) is 0 Å². The number of fused-ring (bicyclic) bond motifs is 2. The van der Waals surface area contributed by atoms with Gasteiger partial charge in [-0.15, -0.1) is 0 Å². The molecular formula is C34H33NO5. The summed E-state index contributed by atoms with van der Waals surface area (Å²) in [4.78, 5) is 11.5. The average Bonchev–Trinajstić information content (AvgIpc) is 3.62. The quantitative estimate of drug-likeness (QED) is 0.217. The monoisotopic (exact) mass is 535 g/mol. The molecule has 1 aromatic heterocycles. The van der Waals surface area contributed by atoms with E-state index in [0.717, 1.165) is 66.8 Å². The minimum atomic E-state index is -0.833. The summed E-state index contributed by atoms with van der Waals surface area (Å²) in [6.45, 7) is 3.87. The number of hydrogen-bond donors (Lipinski definition) is 1. The molecule has 6 heteroatoms. The van der Waals surface area contributed by atoms with E-state index in [-0.39, 0.29) is 12.7 Å². The number of furan rings is 1. The largest absolute Gasteiger partial charge is 0.481 e. The third-order valence-electron chi connectivity index (χ3n) is 6.87. The van der Waals surface area contributed by atoms with Gasteiger partial charge in [0.2, 0.25) is 6.79 Å². The molecule has 0 spiro atoms. The molecule has 0 aliphatic carbocycles. The highest BCUT2D eigenvalue weighted by molar-refractivity contribution is 5.77. The fourth-order valence-electron chi connectivity index (χ4n) is 5.05. The van der Waals surface area contributed by atoms with Gasteiger partial charge in [0.25, 0.3) is 5.97 Å². The Labute approximate surface area is 234 Å². The van der Waals surface area contributed by atoms with Crippen molar-refractivity contribution in [2.75, 3.05) is 19.9 Å². The Morgan fingerprint density at radius 3 is 2.17 bits per heavy atom. The number of carboxylic acids is 1. The van der Waals surface area contributed by atoms with Crippen molar-refractivity contribution in [3.8, 4) is 11.5 Å². The molecule has 0 saturated carbocycles. The number of nitrogens with zero attached hydrogens (tertiary/aromatic N) is 1. The second-order valence-corrected chi connectivity index (χ2v) is 9.78. The van der Waals surface area contributed by atoms with Crippen LogP contribution in [0.25, 0.3) is 11.0 Å². The second kappa shape index (κ2) is 13.0. The van der Waals surface area contributed by atoms with Crippen LogP contribution >= 0.6 is 0 Å². The molecule has 0 saturated heterocycles. The zero-order valence-corrected chi connectivity index (χ0v) is 22.5. The van der Waals surface area contributed by atoms with E-state index in [1.165, 1.54) is 11.1 Å². The molecule has 1 aliphatic rings. The van der Waals surface area contributed by atoms with Crippen LogP contribution in [0, 0.1) is 0 Å². The molecule has 204 valence electrons. The lowest BCUT2D eigenvalue weighted by atomic mass is 9.90. The lowest BCUT2D eigenvalue weighted by molar-refractivity contribution is -0.134. The van der Waals surface area contributed by atoms with Gasteiger partial charge in [0, 0.05) is 49.8 Å². The Morgan fingerprint density at radius 1 is 0.850 bits per heavy atom. The van der Waals surface area contributed by atoms with Crippen molar-refractivity contribution in [1.29, 1.82) is 0 Å². The van der Waals surface area contributed by atoms with Crippen LogP contribution < -0.4 is 9.47 Å². The predicted octanol–water partition coefficient (Wildman–Crippen LogP) is 7.13. The Hall–Kier alpha value is -4.55. The molecule has 0 amide bonds. The van der Waals surface area contributed by atoms with Gasteiger partial charge in [0.1, 0.15) is 11.3 Å². The first kappa shape index (κ1) is 27.0. The minimum Gasteiger partial charge on any atom is -0.481 e. The molecule has 6 nitrogen and oxygen atoms in total. The van der Waals surface area contributed by atoms with E-state index in [1.807, 2.05) is 24.3 Å². The van der Waals surface area contributed by atoms with Gasteiger partial charge < -0.3 is 19.0 Å². The van der Waals surface area contributed by atoms with Crippen LogP contribution in [0.4, 0.5) is 0 Å². The maximum absolute atomic E-state index is 9.00. The van der Waals surface area contributed by atoms with Crippen molar-refractivity contribution in [1.82, 2.24) is 4.90 Å². The van der Waals surface area contributed by atoms with Crippen LogP contribution in [0.1, 0.15) is 35.3 Å². The average molecular weight is 536 g/mol. The Kier molecular flexibility index (Phi) is 8.79.